The maximum Gasteiger partial charge on any atom is 0.253 e. The molecule has 0 spiro atoms. The van der Waals surface area contributed by atoms with Crippen molar-refractivity contribution in [2.24, 2.45) is 0 Å². The molecule has 0 atom stereocenters. The fraction of sp³-hybridized carbons (Fsp3) is 0.462. The molecule has 0 unspecified atom stereocenters. The number of rotatable bonds is 4. The summed E-state index contributed by atoms with van der Waals surface area (Å²) in [6.45, 7) is 4.41. The maximum absolute atomic E-state index is 12.2. The number of likely N-dealkylation sites (N-methyl/N-ethyl adjacent to an activating group) is 1. The fourth-order valence-corrected chi connectivity index (χ4v) is 3.11. The number of hydrogen-bond donors (Lipinski definition) is 1. The molecule has 0 amide bonds. The molecule has 6 nitrogen and oxygen atoms in total. The summed E-state index contributed by atoms with van der Waals surface area (Å²) in [5, 5.41) is 1.70. The van der Waals surface area contributed by atoms with Crippen LogP contribution in [0.5, 0.6) is 0 Å². The van der Waals surface area contributed by atoms with E-state index in [-0.39, 0.29) is 10.7 Å². The van der Waals surface area contributed by atoms with Gasteiger partial charge in [0, 0.05) is 31.7 Å². The number of ketones is 1. The van der Waals surface area contributed by atoms with Crippen LogP contribution >= 0.6 is 0 Å². The van der Waals surface area contributed by atoms with E-state index < -0.39 is 10.0 Å². The molecule has 110 valence electrons. The van der Waals surface area contributed by atoms with Gasteiger partial charge in [-0.3, -0.25) is 4.79 Å². The zero-order valence-corrected chi connectivity index (χ0v) is 12.5. The molecule has 0 aliphatic carbocycles. The van der Waals surface area contributed by atoms with E-state index >= 15 is 0 Å². The van der Waals surface area contributed by atoms with E-state index in [1.54, 1.807) is 5.01 Å². The van der Waals surface area contributed by atoms with Crippen molar-refractivity contribution in [2.45, 2.75) is 11.8 Å². The van der Waals surface area contributed by atoms with Crippen molar-refractivity contribution in [1.82, 2.24) is 14.7 Å². The largest absolute Gasteiger partial charge is 0.304 e. The number of carbonyl (C=O) groups excluding carboxylic acids is 1. The SMILES string of the molecule is CC(=O)c1ccc(S(=O)(=O)NN2CCN(C)CC2)cc1. The molecule has 1 aromatic rings. The van der Waals surface area contributed by atoms with E-state index in [2.05, 4.69) is 9.73 Å². The summed E-state index contributed by atoms with van der Waals surface area (Å²) >= 11 is 0. The van der Waals surface area contributed by atoms with Crippen molar-refractivity contribution < 1.29 is 13.2 Å². The molecule has 0 saturated carbocycles. The molecule has 1 heterocycles. The van der Waals surface area contributed by atoms with E-state index in [1.165, 1.54) is 31.2 Å². The standard InChI is InChI=1S/C13H19N3O3S/c1-11(17)12-3-5-13(6-4-12)20(18,19)14-16-9-7-15(2)8-10-16/h3-6,14H,7-10H2,1-2H3. The predicted octanol–water partition coefficient (Wildman–Crippen LogP) is 0.330. The van der Waals surface area contributed by atoms with Gasteiger partial charge in [0.1, 0.15) is 0 Å². The minimum Gasteiger partial charge on any atom is -0.304 e. The van der Waals surface area contributed by atoms with E-state index in [1.807, 2.05) is 7.05 Å². The lowest BCUT2D eigenvalue weighted by Gasteiger charge is -2.32. The van der Waals surface area contributed by atoms with Crippen LogP contribution in [0.4, 0.5) is 0 Å². The summed E-state index contributed by atoms with van der Waals surface area (Å²) in [6, 6.07) is 5.96. The van der Waals surface area contributed by atoms with Crippen LogP contribution in [-0.2, 0) is 10.0 Å². The number of hydrogen-bond acceptors (Lipinski definition) is 5. The fourth-order valence-electron chi connectivity index (χ4n) is 1.99. The second kappa shape index (κ2) is 6.01. The molecule has 1 N–H and O–H groups in total. The third-order valence-corrected chi connectivity index (χ3v) is 4.72. The minimum atomic E-state index is -3.57. The summed E-state index contributed by atoms with van der Waals surface area (Å²) in [6.07, 6.45) is 0. The first-order chi connectivity index (χ1) is 9.38. The third-order valence-electron chi connectivity index (χ3n) is 3.32. The highest BCUT2D eigenvalue weighted by Gasteiger charge is 2.21. The third kappa shape index (κ3) is 3.63. The second-order valence-corrected chi connectivity index (χ2v) is 6.63. The highest BCUT2D eigenvalue weighted by molar-refractivity contribution is 7.89. The zero-order chi connectivity index (χ0) is 14.8. The number of nitrogens with one attached hydrogen (secondary N) is 1. The molecular weight excluding hydrogens is 278 g/mol. The van der Waals surface area contributed by atoms with Gasteiger partial charge in [-0.2, -0.15) is 0 Å². The molecule has 1 aromatic carbocycles. The minimum absolute atomic E-state index is 0.0824. The lowest BCUT2D eigenvalue weighted by Crippen LogP contribution is -2.52. The molecule has 1 aliphatic heterocycles. The van der Waals surface area contributed by atoms with Gasteiger partial charge >= 0.3 is 0 Å². The first-order valence-electron chi connectivity index (χ1n) is 6.45. The van der Waals surface area contributed by atoms with Crippen molar-refractivity contribution >= 4 is 15.8 Å². The normalized spacial score (nSPS) is 18.1. The maximum atomic E-state index is 12.2. The smallest absolute Gasteiger partial charge is 0.253 e. The van der Waals surface area contributed by atoms with Crippen molar-refractivity contribution in [3.05, 3.63) is 29.8 Å². The molecular formula is C13H19N3O3S. The number of piperazine rings is 1. The highest BCUT2D eigenvalue weighted by atomic mass is 32.2. The first-order valence-corrected chi connectivity index (χ1v) is 7.94. The Kier molecular flexibility index (Phi) is 4.54. The van der Waals surface area contributed by atoms with Gasteiger partial charge in [-0.25, -0.2) is 13.4 Å². The average Bonchev–Trinajstić information content (AvgIpc) is 2.41. The topological polar surface area (TPSA) is 69.7 Å². The van der Waals surface area contributed by atoms with E-state index in [4.69, 9.17) is 0 Å². The van der Waals surface area contributed by atoms with Crippen molar-refractivity contribution in [1.29, 1.82) is 0 Å². The zero-order valence-electron chi connectivity index (χ0n) is 11.7. The highest BCUT2D eigenvalue weighted by Crippen LogP contribution is 2.12. The molecule has 1 saturated heterocycles. The van der Waals surface area contributed by atoms with Gasteiger partial charge in [0.2, 0.25) is 0 Å². The quantitative estimate of drug-likeness (QED) is 0.811. The van der Waals surface area contributed by atoms with Gasteiger partial charge in [-0.15, -0.1) is 4.83 Å². The van der Waals surface area contributed by atoms with Crippen LogP contribution in [0.2, 0.25) is 0 Å². The van der Waals surface area contributed by atoms with Crippen LogP contribution in [0.1, 0.15) is 17.3 Å². The van der Waals surface area contributed by atoms with Crippen LogP contribution in [0.3, 0.4) is 0 Å². The van der Waals surface area contributed by atoms with Crippen LogP contribution in [0.25, 0.3) is 0 Å². The lowest BCUT2D eigenvalue weighted by molar-refractivity contribution is 0.101. The molecule has 0 aromatic heterocycles. The lowest BCUT2D eigenvalue weighted by atomic mass is 10.2. The Morgan fingerprint density at radius 2 is 1.65 bits per heavy atom. The Balaban J connectivity index is 2.08. The number of hydrazine groups is 1. The van der Waals surface area contributed by atoms with E-state index in [0.29, 0.717) is 18.7 Å². The second-order valence-electron chi connectivity index (χ2n) is 4.97. The summed E-state index contributed by atoms with van der Waals surface area (Å²) in [4.78, 5) is 16.1. The summed E-state index contributed by atoms with van der Waals surface area (Å²) in [5.74, 6) is -0.0824. The number of benzene rings is 1. The van der Waals surface area contributed by atoms with Gasteiger partial charge in [0.15, 0.2) is 5.78 Å². The van der Waals surface area contributed by atoms with Gasteiger partial charge in [0.05, 0.1) is 4.90 Å². The van der Waals surface area contributed by atoms with E-state index in [0.717, 1.165) is 13.1 Å². The average molecular weight is 297 g/mol. The van der Waals surface area contributed by atoms with Gasteiger partial charge < -0.3 is 4.90 Å². The molecule has 0 radical (unpaired) electrons. The summed E-state index contributed by atoms with van der Waals surface area (Å²) < 4.78 is 24.4. The van der Waals surface area contributed by atoms with Gasteiger partial charge in [0.25, 0.3) is 10.0 Å². The van der Waals surface area contributed by atoms with Crippen LogP contribution in [0.15, 0.2) is 29.2 Å². The molecule has 20 heavy (non-hydrogen) atoms. The molecule has 0 bridgehead atoms. The van der Waals surface area contributed by atoms with Crippen LogP contribution < -0.4 is 4.83 Å². The van der Waals surface area contributed by atoms with Crippen molar-refractivity contribution in [2.75, 3.05) is 33.2 Å². The Bertz CT molecular complexity index is 575. The number of carbonyl (C=O) groups is 1. The Morgan fingerprint density at radius 1 is 1.10 bits per heavy atom. The molecule has 1 aliphatic rings. The van der Waals surface area contributed by atoms with E-state index in [9.17, 15) is 13.2 Å². The number of nitrogens with zero attached hydrogens (tertiary/aromatic N) is 2. The monoisotopic (exact) mass is 297 g/mol. The summed E-state index contributed by atoms with van der Waals surface area (Å²) in [7, 11) is -1.57. The Morgan fingerprint density at radius 3 is 2.15 bits per heavy atom. The first kappa shape index (κ1) is 15.1. The Labute approximate surface area is 119 Å². The summed E-state index contributed by atoms with van der Waals surface area (Å²) in [5.41, 5.74) is 0.503. The molecule has 7 heteroatoms. The van der Waals surface area contributed by atoms with Crippen LogP contribution in [-0.4, -0.2) is 57.3 Å². The van der Waals surface area contributed by atoms with Crippen molar-refractivity contribution in [3.8, 4) is 0 Å². The molecule has 2 rings (SSSR count). The number of Topliss-reactive ketones (excluding diaryl/α,β-unsaturated/α-hetero) is 1. The molecule has 1 fully saturated rings. The predicted molar refractivity (Wildman–Crippen MR) is 75.8 cm³/mol. The van der Waals surface area contributed by atoms with Gasteiger partial charge in [-0.1, -0.05) is 12.1 Å². The van der Waals surface area contributed by atoms with Gasteiger partial charge in [-0.05, 0) is 26.1 Å². The van der Waals surface area contributed by atoms with Crippen molar-refractivity contribution in [3.63, 3.8) is 0 Å². The number of sulfonamides is 1. The van der Waals surface area contributed by atoms with Crippen LogP contribution in [0, 0.1) is 0 Å². The Hall–Kier alpha value is -1.28.